The van der Waals surface area contributed by atoms with Crippen LogP contribution in [0.15, 0.2) is 24.3 Å². The van der Waals surface area contributed by atoms with Crippen LogP contribution in [-0.4, -0.2) is 34.4 Å². The van der Waals surface area contributed by atoms with Crippen molar-refractivity contribution in [2.24, 2.45) is 0 Å². The molecule has 0 fully saturated rings. The predicted molar refractivity (Wildman–Crippen MR) is 65.6 cm³/mol. The minimum atomic E-state index is -0.610. The van der Waals surface area contributed by atoms with Crippen molar-refractivity contribution in [3.8, 4) is 0 Å². The van der Waals surface area contributed by atoms with E-state index in [9.17, 15) is 0 Å². The Morgan fingerprint density at radius 3 is 2.73 bits per heavy atom. The van der Waals surface area contributed by atoms with Gasteiger partial charge in [0, 0.05) is 10.8 Å². The van der Waals surface area contributed by atoms with E-state index in [1.165, 1.54) is 0 Å². The summed E-state index contributed by atoms with van der Waals surface area (Å²) in [5.41, 5.74) is 1.13. The highest BCUT2D eigenvalue weighted by Gasteiger charge is 2.02. The molecule has 4 heteroatoms. The molecular formula is C11H15ClO2S. The minimum Gasteiger partial charge on any atom is -0.394 e. The molecule has 0 aromatic heterocycles. The summed E-state index contributed by atoms with van der Waals surface area (Å²) in [6.07, 6.45) is 0.281. The molecule has 15 heavy (non-hydrogen) atoms. The van der Waals surface area contributed by atoms with Gasteiger partial charge in [-0.05, 0) is 23.8 Å². The standard InChI is InChI=1S/C11H15ClO2S/c12-11-4-2-1-3-9(11)5-6-15-8-10(14)7-13/h1-4,10,13-14H,5-8H2/t10-/m0/s1. The molecule has 2 N–H and O–H groups in total. The van der Waals surface area contributed by atoms with Gasteiger partial charge in [0.15, 0.2) is 0 Å². The largest absolute Gasteiger partial charge is 0.394 e. The number of aliphatic hydroxyl groups excluding tert-OH is 2. The molecule has 1 aromatic carbocycles. The SMILES string of the molecule is OC[C@H](O)CSCCc1ccccc1Cl. The normalized spacial score (nSPS) is 12.7. The quantitative estimate of drug-likeness (QED) is 0.754. The lowest BCUT2D eigenvalue weighted by Gasteiger charge is -2.07. The number of rotatable bonds is 6. The van der Waals surface area contributed by atoms with E-state index in [1.54, 1.807) is 11.8 Å². The zero-order valence-electron chi connectivity index (χ0n) is 8.40. The summed E-state index contributed by atoms with van der Waals surface area (Å²) < 4.78 is 0. The molecule has 0 saturated carbocycles. The fourth-order valence-corrected chi connectivity index (χ4v) is 2.29. The Bertz CT molecular complexity index is 294. The van der Waals surface area contributed by atoms with Crippen LogP contribution in [0.4, 0.5) is 0 Å². The van der Waals surface area contributed by atoms with E-state index in [2.05, 4.69) is 0 Å². The number of aryl methyl sites for hydroxylation is 1. The van der Waals surface area contributed by atoms with E-state index >= 15 is 0 Å². The molecule has 1 aromatic rings. The van der Waals surface area contributed by atoms with Gasteiger partial charge in [0.1, 0.15) is 0 Å². The van der Waals surface area contributed by atoms with E-state index in [1.807, 2.05) is 24.3 Å². The second-order valence-corrected chi connectivity index (χ2v) is 4.81. The van der Waals surface area contributed by atoms with Crippen LogP contribution in [0.2, 0.25) is 5.02 Å². The summed E-state index contributed by atoms with van der Waals surface area (Å²) in [5, 5.41) is 18.5. The average molecular weight is 247 g/mol. The molecule has 0 aliphatic carbocycles. The zero-order valence-corrected chi connectivity index (χ0v) is 9.97. The lowest BCUT2D eigenvalue weighted by molar-refractivity contribution is 0.113. The first kappa shape index (κ1) is 12.8. The number of benzene rings is 1. The Kier molecular flexibility index (Phi) is 6.10. The minimum absolute atomic E-state index is 0.168. The van der Waals surface area contributed by atoms with Crippen LogP contribution < -0.4 is 0 Å². The van der Waals surface area contributed by atoms with Crippen LogP contribution in [0.3, 0.4) is 0 Å². The summed E-state index contributed by atoms with van der Waals surface area (Å²) in [6, 6.07) is 7.76. The van der Waals surface area contributed by atoms with Crippen molar-refractivity contribution >= 4 is 23.4 Å². The Morgan fingerprint density at radius 1 is 1.33 bits per heavy atom. The molecule has 0 radical (unpaired) electrons. The number of thioether (sulfide) groups is 1. The van der Waals surface area contributed by atoms with Gasteiger partial charge in [-0.2, -0.15) is 11.8 Å². The van der Waals surface area contributed by atoms with Gasteiger partial charge in [-0.25, -0.2) is 0 Å². The zero-order chi connectivity index (χ0) is 11.1. The van der Waals surface area contributed by atoms with Crippen molar-refractivity contribution in [3.05, 3.63) is 34.9 Å². The summed E-state index contributed by atoms with van der Waals surface area (Å²) in [4.78, 5) is 0. The van der Waals surface area contributed by atoms with E-state index in [4.69, 9.17) is 21.8 Å². The topological polar surface area (TPSA) is 40.5 Å². The molecule has 0 amide bonds. The molecule has 0 saturated heterocycles. The maximum absolute atomic E-state index is 9.11. The Morgan fingerprint density at radius 2 is 2.07 bits per heavy atom. The highest BCUT2D eigenvalue weighted by molar-refractivity contribution is 7.99. The van der Waals surface area contributed by atoms with Gasteiger partial charge in [0.25, 0.3) is 0 Å². The van der Waals surface area contributed by atoms with E-state index in [0.717, 1.165) is 22.8 Å². The van der Waals surface area contributed by atoms with Crippen molar-refractivity contribution in [2.75, 3.05) is 18.1 Å². The summed E-state index contributed by atoms with van der Waals surface area (Å²) in [7, 11) is 0. The number of halogens is 1. The van der Waals surface area contributed by atoms with E-state index in [0.29, 0.717) is 5.75 Å². The van der Waals surface area contributed by atoms with Gasteiger partial charge < -0.3 is 10.2 Å². The van der Waals surface area contributed by atoms with Crippen LogP contribution in [-0.2, 0) is 6.42 Å². The second-order valence-electron chi connectivity index (χ2n) is 3.25. The highest BCUT2D eigenvalue weighted by Crippen LogP contribution is 2.17. The molecule has 84 valence electrons. The molecule has 0 heterocycles. The van der Waals surface area contributed by atoms with E-state index < -0.39 is 6.10 Å². The maximum atomic E-state index is 9.11. The fraction of sp³-hybridized carbons (Fsp3) is 0.455. The Hall–Kier alpha value is -0.220. The Balaban J connectivity index is 2.23. The highest BCUT2D eigenvalue weighted by atomic mass is 35.5. The van der Waals surface area contributed by atoms with Crippen molar-refractivity contribution < 1.29 is 10.2 Å². The van der Waals surface area contributed by atoms with Gasteiger partial charge in [0.2, 0.25) is 0 Å². The van der Waals surface area contributed by atoms with Crippen LogP contribution >= 0.6 is 23.4 Å². The van der Waals surface area contributed by atoms with Gasteiger partial charge in [0.05, 0.1) is 12.7 Å². The van der Waals surface area contributed by atoms with Gasteiger partial charge in [-0.3, -0.25) is 0 Å². The summed E-state index contributed by atoms with van der Waals surface area (Å²) in [6.45, 7) is -0.168. The molecular weight excluding hydrogens is 232 g/mol. The van der Waals surface area contributed by atoms with E-state index in [-0.39, 0.29) is 6.61 Å². The average Bonchev–Trinajstić information content (AvgIpc) is 2.26. The molecule has 2 nitrogen and oxygen atoms in total. The van der Waals surface area contributed by atoms with Crippen LogP contribution in [0, 0.1) is 0 Å². The molecule has 1 rings (SSSR count). The third-order valence-electron chi connectivity index (χ3n) is 1.99. The van der Waals surface area contributed by atoms with Crippen molar-refractivity contribution in [3.63, 3.8) is 0 Å². The molecule has 1 atom stereocenters. The first-order valence-electron chi connectivity index (χ1n) is 4.84. The number of hydrogen-bond donors (Lipinski definition) is 2. The lowest BCUT2D eigenvalue weighted by Crippen LogP contribution is -2.15. The fourth-order valence-electron chi connectivity index (χ4n) is 1.16. The summed E-state index contributed by atoms with van der Waals surface area (Å²) >= 11 is 7.62. The Labute approximate surface area is 99.3 Å². The van der Waals surface area contributed by atoms with Crippen LogP contribution in [0.1, 0.15) is 5.56 Å². The number of hydrogen-bond acceptors (Lipinski definition) is 3. The second kappa shape index (κ2) is 7.12. The van der Waals surface area contributed by atoms with Crippen molar-refractivity contribution in [1.82, 2.24) is 0 Å². The van der Waals surface area contributed by atoms with Gasteiger partial charge in [-0.15, -0.1) is 0 Å². The third-order valence-corrected chi connectivity index (χ3v) is 3.48. The third kappa shape index (κ3) is 4.89. The molecule has 0 spiro atoms. The molecule has 0 aliphatic heterocycles. The lowest BCUT2D eigenvalue weighted by atomic mass is 10.2. The van der Waals surface area contributed by atoms with Gasteiger partial charge >= 0.3 is 0 Å². The first-order valence-corrected chi connectivity index (χ1v) is 6.37. The van der Waals surface area contributed by atoms with Crippen LogP contribution in [0.5, 0.6) is 0 Å². The van der Waals surface area contributed by atoms with Gasteiger partial charge in [-0.1, -0.05) is 29.8 Å². The maximum Gasteiger partial charge on any atom is 0.0861 e. The summed E-state index contributed by atoms with van der Waals surface area (Å²) in [5.74, 6) is 1.47. The van der Waals surface area contributed by atoms with Crippen LogP contribution in [0.25, 0.3) is 0 Å². The first-order chi connectivity index (χ1) is 7.24. The smallest absolute Gasteiger partial charge is 0.0861 e. The predicted octanol–water partition coefficient (Wildman–Crippen LogP) is 1.97. The molecule has 0 bridgehead atoms. The van der Waals surface area contributed by atoms with Crippen molar-refractivity contribution in [1.29, 1.82) is 0 Å². The monoisotopic (exact) mass is 246 g/mol. The number of aliphatic hydroxyl groups is 2. The molecule has 0 aliphatic rings. The molecule has 0 unspecified atom stereocenters. The van der Waals surface area contributed by atoms with Crippen molar-refractivity contribution in [2.45, 2.75) is 12.5 Å².